The number of ether oxygens (including phenoxy) is 1. The number of aromatic nitrogens is 2. The molecule has 9 heteroatoms. The van der Waals surface area contributed by atoms with Crippen LogP contribution in [0, 0.1) is 0 Å². The molecule has 0 saturated heterocycles. The van der Waals surface area contributed by atoms with Gasteiger partial charge in [-0.1, -0.05) is 24.3 Å². The van der Waals surface area contributed by atoms with Crippen LogP contribution in [-0.4, -0.2) is 37.4 Å². The van der Waals surface area contributed by atoms with Gasteiger partial charge in [0.2, 0.25) is 19.3 Å². The molecule has 1 heterocycles. The van der Waals surface area contributed by atoms with Crippen LogP contribution in [0.4, 0.5) is 5.13 Å². The summed E-state index contributed by atoms with van der Waals surface area (Å²) < 4.78 is 28.0. The molecule has 0 aliphatic carbocycles. The van der Waals surface area contributed by atoms with Crippen LogP contribution < -0.4 is 10.1 Å². The van der Waals surface area contributed by atoms with Crippen molar-refractivity contribution in [3.05, 3.63) is 29.8 Å². The highest BCUT2D eigenvalue weighted by Crippen LogP contribution is 2.21. The van der Waals surface area contributed by atoms with Crippen molar-refractivity contribution in [2.75, 3.05) is 18.2 Å². The van der Waals surface area contributed by atoms with Gasteiger partial charge in [0.1, 0.15) is 5.75 Å². The minimum atomic E-state index is -3.43. The highest BCUT2D eigenvalue weighted by molar-refractivity contribution is 7.92. The van der Waals surface area contributed by atoms with E-state index in [4.69, 9.17) is 4.74 Å². The predicted octanol–water partition coefficient (Wildman–Crippen LogP) is 1.98. The van der Waals surface area contributed by atoms with E-state index in [2.05, 4.69) is 15.5 Å². The first-order chi connectivity index (χ1) is 10.4. The summed E-state index contributed by atoms with van der Waals surface area (Å²) in [5.41, 5.74) is 0.393. The summed E-state index contributed by atoms with van der Waals surface area (Å²) in [6.45, 7) is 2.56. The zero-order valence-corrected chi connectivity index (χ0v) is 13.7. The second-order valence-corrected chi connectivity index (χ2v) is 7.64. The fourth-order valence-electron chi connectivity index (χ4n) is 1.53. The molecule has 2 aromatic rings. The van der Waals surface area contributed by atoms with Gasteiger partial charge in [-0.15, -0.1) is 10.2 Å². The summed E-state index contributed by atoms with van der Waals surface area (Å²) in [5, 5.41) is 9.83. The van der Waals surface area contributed by atoms with Crippen LogP contribution in [-0.2, 0) is 9.84 Å². The Balaban J connectivity index is 2.10. The predicted molar refractivity (Wildman–Crippen MR) is 83.2 cm³/mol. The first kappa shape index (κ1) is 16.4. The monoisotopic (exact) mass is 341 g/mol. The van der Waals surface area contributed by atoms with Crippen molar-refractivity contribution in [3.8, 4) is 5.75 Å². The maximum Gasteiger partial charge on any atom is 0.257 e. The number of benzene rings is 1. The Morgan fingerprint density at radius 3 is 2.77 bits per heavy atom. The Hall–Kier alpha value is -2.00. The largest absolute Gasteiger partial charge is 0.494 e. The molecule has 0 bridgehead atoms. The minimum absolute atomic E-state index is 0.130. The zero-order chi connectivity index (χ0) is 16.2. The summed E-state index contributed by atoms with van der Waals surface area (Å²) >= 11 is 0.808. The van der Waals surface area contributed by atoms with Gasteiger partial charge in [-0.05, 0) is 24.6 Å². The van der Waals surface area contributed by atoms with Gasteiger partial charge in [-0.25, -0.2) is 8.42 Å². The van der Waals surface area contributed by atoms with Crippen molar-refractivity contribution in [2.24, 2.45) is 0 Å². The third-order valence-corrected chi connectivity index (χ3v) is 5.02. The Bertz CT molecular complexity index is 771. The Kier molecular flexibility index (Phi) is 5.09. The molecule has 1 aromatic carbocycles. The first-order valence-corrected chi connectivity index (χ1v) is 9.18. The lowest BCUT2D eigenvalue weighted by Gasteiger charge is -2.06. The van der Waals surface area contributed by atoms with E-state index in [9.17, 15) is 13.2 Å². The molecular weight excluding hydrogens is 326 g/mol. The first-order valence-electron chi connectivity index (χ1n) is 6.48. The highest BCUT2D eigenvalue weighted by atomic mass is 32.2. The summed E-state index contributed by atoms with van der Waals surface area (Å²) in [7, 11) is -3.43. The molecule has 1 aromatic heterocycles. The number of rotatable bonds is 6. The van der Waals surface area contributed by atoms with Crippen molar-refractivity contribution >= 4 is 32.2 Å². The van der Waals surface area contributed by atoms with Crippen molar-refractivity contribution in [3.63, 3.8) is 0 Å². The molecule has 0 unspecified atom stereocenters. The number of nitrogens with zero attached hydrogens (tertiary/aromatic N) is 2. The molecule has 22 heavy (non-hydrogen) atoms. The maximum absolute atomic E-state index is 12.1. The van der Waals surface area contributed by atoms with E-state index in [-0.39, 0.29) is 9.47 Å². The molecule has 0 radical (unpaired) electrons. The molecule has 118 valence electrons. The zero-order valence-electron chi connectivity index (χ0n) is 12.1. The minimum Gasteiger partial charge on any atom is -0.494 e. The van der Waals surface area contributed by atoms with E-state index < -0.39 is 15.7 Å². The normalized spacial score (nSPS) is 11.2. The lowest BCUT2D eigenvalue weighted by molar-refractivity contribution is 0.102. The van der Waals surface area contributed by atoms with Crippen LogP contribution in [0.3, 0.4) is 0 Å². The van der Waals surface area contributed by atoms with Crippen molar-refractivity contribution in [1.29, 1.82) is 0 Å². The average Bonchev–Trinajstić information content (AvgIpc) is 2.94. The Morgan fingerprint density at radius 2 is 2.14 bits per heavy atom. The number of sulfone groups is 1. The van der Waals surface area contributed by atoms with Gasteiger partial charge in [0.25, 0.3) is 5.91 Å². The molecule has 0 fully saturated rings. The molecule has 2 rings (SSSR count). The molecule has 0 atom stereocenters. The van der Waals surface area contributed by atoms with Gasteiger partial charge in [0, 0.05) is 11.8 Å². The molecule has 7 nitrogen and oxygen atoms in total. The number of hydrogen-bond acceptors (Lipinski definition) is 7. The van der Waals surface area contributed by atoms with Crippen LogP contribution in [0.1, 0.15) is 23.7 Å². The van der Waals surface area contributed by atoms with Crippen LogP contribution in [0.5, 0.6) is 5.75 Å². The third-order valence-electron chi connectivity index (χ3n) is 2.51. The molecule has 1 amide bonds. The average molecular weight is 341 g/mol. The molecular formula is C13H15N3O4S2. The molecule has 0 saturated carbocycles. The third kappa shape index (κ3) is 4.25. The summed E-state index contributed by atoms with van der Waals surface area (Å²) in [6, 6.07) is 6.72. The van der Waals surface area contributed by atoms with Gasteiger partial charge in [-0.3, -0.25) is 10.1 Å². The number of nitrogens with one attached hydrogen (secondary N) is 1. The lowest BCUT2D eigenvalue weighted by Crippen LogP contribution is -2.11. The van der Waals surface area contributed by atoms with Crippen molar-refractivity contribution in [1.82, 2.24) is 10.2 Å². The Labute approximate surface area is 132 Å². The van der Waals surface area contributed by atoms with E-state index in [0.717, 1.165) is 24.0 Å². The quantitative estimate of drug-likeness (QED) is 0.807. The van der Waals surface area contributed by atoms with E-state index >= 15 is 0 Å². The molecule has 1 N–H and O–H groups in total. The van der Waals surface area contributed by atoms with Crippen LogP contribution in [0.25, 0.3) is 0 Å². The lowest BCUT2D eigenvalue weighted by atomic mass is 10.2. The molecule has 0 aliphatic heterocycles. The standard InChI is InChI=1S/C13H15N3O4S2/c1-3-7-20-10-6-4-5-9(8-10)11(17)14-12-15-16-13(21-12)22(2,18)19/h4-6,8H,3,7H2,1-2H3,(H,14,15,17). The van der Waals surface area contributed by atoms with Crippen LogP contribution >= 0.6 is 11.3 Å². The summed E-state index contributed by atoms with van der Waals surface area (Å²) in [4.78, 5) is 12.1. The van der Waals surface area contributed by atoms with E-state index in [0.29, 0.717) is 17.9 Å². The van der Waals surface area contributed by atoms with Gasteiger partial charge in [-0.2, -0.15) is 0 Å². The number of hydrogen-bond donors (Lipinski definition) is 1. The van der Waals surface area contributed by atoms with Gasteiger partial charge in [0.15, 0.2) is 0 Å². The van der Waals surface area contributed by atoms with Crippen molar-refractivity contribution in [2.45, 2.75) is 17.7 Å². The SMILES string of the molecule is CCCOc1cccc(C(=O)Nc2nnc(S(C)(=O)=O)s2)c1. The van der Waals surface area contributed by atoms with E-state index in [1.54, 1.807) is 24.3 Å². The summed E-state index contributed by atoms with van der Waals surface area (Å²) in [6.07, 6.45) is 1.91. The van der Waals surface area contributed by atoms with Crippen molar-refractivity contribution < 1.29 is 17.9 Å². The molecule has 0 spiro atoms. The fraction of sp³-hybridized carbons (Fsp3) is 0.308. The molecule has 0 aliphatic rings. The smallest absolute Gasteiger partial charge is 0.257 e. The second kappa shape index (κ2) is 6.84. The number of anilines is 1. The van der Waals surface area contributed by atoms with Gasteiger partial charge in [0.05, 0.1) is 6.61 Å². The highest BCUT2D eigenvalue weighted by Gasteiger charge is 2.16. The number of carbonyl (C=O) groups excluding carboxylic acids is 1. The van der Waals surface area contributed by atoms with E-state index in [1.807, 2.05) is 6.92 Å². The van der Waals surface area contributed by atoms with Crippen LogP contribution in [0.15, 0.2) is 28.6 Å². The van der Waals surface area contributed by atoms with Crippen LogP contribution in [0.2, 0.25) is 0 Å². The second-order valence-electron chi connectivity index (χ2n) is 4.48. The topological polar surface area (TPSA) is 98.2 Å². The maximum atomic E-state index is 12.1. The summed E-state index contributed by atoms with van der Waals surface area (Å²) in [5.74, 6) is 0.196. The number of amides is 1. The van der Waals surface area contributed by atoms with Gasteiger partial charge < -0.3 is 4.74 Å². The van der Waals surface area contributed by atoms with Gasteiger partial charge >= 0.3 is 0 Å². The van der Waals surface area contributed by atoms with E-state index in [1.165, 1.54) is 0 Å². The fourth-order valence-corrected chi connectivity index (χ4v) is 3.03. The number of carbonyl (C=O) groups is 1. The Morgan fingerprint density at radius 1 is 1.36 bits per heavy atom.